The molecule has 3 aromatic carbocycles. The van der Waals surface area contributed by atoms with E-state index in [1.165, 1.54) is 17.0 Å². The third-order valence-electron chi connectivity index (χ3n) is 5.44. The predicted octanol–water partition coefficient (Wildman–Crippen LogP) is 5.14. The first-order valence-corrected chi connectivity index (χ1v) is 10.1. The Bertz CT molecular complexity index is 1250. The van der Waals surface area contributed by atoms with Gasteiger partial charge in [-0.2, -0.15) is 18.4 Å². The molecule has 0 aromatic heterocycles. The molecule has 1 aliphatic heterocycles. The van der Waals surface area contributed by atoms with E-state index in [0.29, 0.717) is 12.5 Å². The number of carbonyl (C=O) groups is 2. The van der Waals surface area contributed by atoms with E-state index in [4.69, 9.17) is 5.26 Å². The number of benzene rings is 3. The van der Waals surface area contributed by atoms with Gasteiger partial charge in [0.25, 0.3) is 5.91 Å². The van der Waals surface area contributed by atoms with E-state index in [9.17, 15) is 22.8 Å². The minimum atomic E-state index is -4.79. The van der Waals surface area contributed by atoms with E-state index in [1.54, 1.807) is 0 Å². The van der Waals surface area contributed by atoms with Gasteiger partial charge in [-0.05, 0) is 41.3 Å². The zero-order valence-electron chi connectivity index (χ0n) is 17.3. The number of anilines is 1. The highest BCUT2D eigenvalue weighted by molar-refractivity contribution is 6.19. The number of alkyl halides is 3. The van der Waals surface area contributed by atoms with Crippen LogP contribution in [0.5, 0.6) is 0 Å². The number of halogens is 3. The van der Waals surface area contributed by atoms with Crippen LogP contribution in [-0.2, 0) is 23.9 Å². The first-order valence-electron chi connectivity index (χ1n) is 10.1. The average molecular weight is 449 g/mol. The molecule has 0 unspecified atom stereocenters. The Kier molecular flexibility index (Phi) is 5.88. The largest absolute Gasteiger partial charge is 0.417 e. The van der Waals surface area contributed by atoms with Crippen LogP contribution in [0.1, 0.15) is 27.8 Å². The molecule has 8 heteroatoms. The zero-order chi connectivity index (χ0) is 23.6. The molecule has 1 saturated heterocycles. The fourth-order valence-electron chi connectivity index (χ4n) is 3.84. The zero-order valence-corrected chi connectivity index (χ0v) is 17.3. The molecule has 3 amide bonds. The van der Waals surface area contributed by atoms with Crippen LogP contribution in [0.3, 0.4) is 0 Å². The molecule has 4 rings (SSSR count). The van der Waals surface area contributed by atoms with Crippen LogP contribution in [0.15, 0.2) is 72.8 Å². The van der Waals surface area contributed by atoms with Crippen molar-refractivity contribution >= 4 is 17.6 Å². The van der Waals surface area contributed by atoms with Gasteiger partial charge in [-0.25, -0.2) is 9.69 Å². The number of hydrogen-bond donors (Lipinski definition) is 0. The van der Waals surface area contributed by atoms with Crippen molar-refractivity contribution in [2.75, 3.05) is 11.4 Å². The smallest absolute Gasteiger partial charge is 0.310 e. The second-order valence-corrected chi connectivity index (χ2v) is 7.64. The molecule has 0 saturated carbocycles. The van der Waals surface area contributed by atoms with Crippen LogP contribution in [0.25, 0.3) is 0 Å². The normalized spacial score (nSPS) is 14.0. The molecule has 166 valence electrons. The summed E-state index contributed by atoms with van der Waals surface area (Å²) in [5.41, 5.74) is 0.955. The molecule has 33 heavy (non-hydrogen) atoms. The lowest BCUT2D eigenvalue weighted by atomic mass is 9.99. The first-order chi connectivity index (χ1) is 15.8. The number of hydrogen-bond acceptors (Lipinski definition) is 3. The maximum atomic E-state index is 13.3. The molecule has 0 atom stereocenters. The quantitative estimate of drug-likeness (QED) is 0.507. The van der Waals surface area contributed by atoms with E-state index < -0.39 is 29.2 Å². The first kappa shape index (κ1) is 22.1. The van der Waals surface area contributed by atoms with Crippen LogP contribution in [0.4, 0.5) is 23.7 Å². The Hall–Kier alpha value is -4.12. The summed E-state index contributed by atoms with van der Waals surface area (Å²) in [6, 6.07) is 20.9. The summed E-state index contributed by atoms with van der Waals surface area (Å²) in [4.78, 5) is 27.6. The van der Waals surface area contributed by atoms with Gasteiger partial charge >= 0.3 is 12.2 Å². The van der Waals surface area contributed by atoms with Crippen LogP contribution in [0, 0.1) is 11.3 Å². The monoisotopic (exact) mass is 449 g/mol. The second-order valence-electron chi connectivity index (χ2n) is 7.64. The summed E-state index contributed by atoms with van der Waals surface area (Å²) < 4.78 is 40.0. The van der Waals surface area contributed by atoms with Crippen molar-refractivity contribution < 1.29 is 22.8 Å². The highest BCUT2D eigenvalue weighted by atomic mass is 19.4. The summed E-state index contributed by atoms with van der Waals surface area (Å²) >= 11 is 0. The number of carbonyl (C=O) groups excluding carboxylic acids is 2. The molecule has 0 bridgehead atoms. The molecule has 0 radical (unpaired) electrons. The Morgan fingerprint density at radius 1 is 0.909 bits per heavy atom. The highest BCUT2D eigenvalue weighted by Crippen LogP contribution is 2.35. The van der Waals surface area contributed by atoms with Crippen LogP contribution >= 0.6 is 0 Å². The molecular formula is C25H18F3N3O2. The number of nitrogens with zero attached hydrogens (tertiary/aromatic N) is 3. The summed E-state index contributed by atoms with van der Waals surface area (Å²) in [6.45, 7) is -0.105. The Morgan fingerprint density at radius 2 is 1.58 bits per heavy atom. The van der Waals surface area contributed by atoms with Crippen molar-refractivity contribution in [3.63, 3.8) is 0 Å². The maximum absolute atomic E-state index is 13.3. The van der Waals surface area contributed by atoms with Gasteiger partial charge in [-0.1, -0.05) is 54.6 Å². The highest BCUT2D eigenvalue weighted by Gasteiger charge is 2.40. The van der Waals surface area contributed by atoms with E-state index in [1.807, 2.05) is 54.6 Å². The molecular weight excluding hydrogens is 431 g/mol. The molecule has 3 aromatic rings. The molecule has 1 fully saturated rings. The predicted molar refractivity (Wildman–Crippen MR) is 115 cm³/mol. The van der Waals surface area contributed by atoms with Crippen molar-refractivity contribution in [1.29, 1.82) is 5.26 Å². The Balaban J connectivity index is 1.59. The number of amides is 3. The van der Waals surface area contributed by atoms with E-state index >= 15 is 0 Å². The summed E-state index contributed by atoms with van der Waals surface area (Å²) in [7, 11) is 0. The van der Waals surface area contributed by atoms with Gasteiger partial charge in [-0.3, -0.25) is 4.79 Å². The van der Waals surface area contributed by atoms with Crippen molar-refractivity contribution in [3.8, 4) is 6.07 Å². The third-order valence-corrected chi connectivity index (χ3v) is 5.44. The summed E-state index contributed by atoms with van der Waals surface area (Å²) in [5, 5.41) is 8.97. The molecule has 0 spiro atoms. The van der Waals surface area contributed by atoms with Crippen molar-refractivity contribution in [1.82, 2.24) is 4.90 Å². The molecule has 0 N–H and O–H groups in total. The standard InChI is InChI=1S/C25H18F3N3O2/c26-25(27,28)22-13-21(11-10-19(22)14-29)31-23(32)16-30(24(31)33)15-20-9-5-4-8-18(20)12-17-6-2-1-3-7-17/h1-11,13H,12,15-16H2. The lowest BCUT2D eigenvalue weighted by Crippen LogP contribution is -2.33. The van der Waals surface area contributed by atoms with Gasteiger partial charge < -0.3 is 4.90 Å². The lowest BCUT2D eigenvalue weighted by molar-refractivity contribution is -0.137. The number of urea groups is 1. The van der Waals surface area contributed by atoms with Crippen molar-refractivity contribution in [3.05, 3.63) is 101 Å². The van der Waals surface area contributed by atoms with E-state index in [-0.39, 0.29) is 18.8 Å². The third kappa shape index (κ3) is 4.58. The molecule has 1 aliphatic rings. The van der Waals surface area contributed by atoms with Gasteiger partial charge in [0.05, 0.1) is 22.9 Å². The number of rotatable bonds is 5. The summed E-state index contributed by atoms with van der Waals surface area (Å²) in [5.74, 6) is -0.627. The molecule has 1 heterocycles. The van der Waals surface area contributed by atoms with Gasteiger partial charge in [0.1, 0.15) is 6.54 Å². The SMILES string of the molecule is N#Cc1ccc(N2C(=O)CN(Cc3ccccc3Cc3ccccc3)C2=O)cc1C(F)(F)F. The number of imide groups is 1. The lowest BCUT2D eigenvalue weighted by Gasteiger charge is -2.20. The van der Waals surface area contributed by atoms with Gasteiger partial charge in [0.2, 0.25) is 0 Å². The van der Waals surface area contributed by atoms with Gasteiger partial charge in [0.15, 0.2) is 0 Å². The number of nitriles is 1. The Morgan fingerprint density at radius 3 is 2.24 bits per heavy atom. The van der Waals surface area contributed by atoms with Crippen molar-refractivity contribution in [2.24, 2.45) is 0 Å². The summed E-state index contributed by atoms with van der Waals surface area (Å²) in [6.07, 6.45) is -4.15. The van der Waals surface area contributed by atoms with Crippen LogP contribution in [0.2, 0.25) is 0 Å². The molecule has 0 aliphatic carbocycles. The second kappa shape index (κ2) is 8.79. The maximum Gasteiger partial charge on any atom is 0.417 e. The Labute approximate surface area is 188 Å². The minimum absolute atomic E-state index is 0.145. The fourth-order valence-corrected chi connectivity index (χ4v) is 3.84. The van der Waals surface area contributed by atoms with E-state index in [0.717, 1.165) is 27.7 Å². The van der Waals surface area contributed by atoms with Crippen LogP contribution < -0.4 is 4.90 Å². The van der Waals surface area contributed by atoms with Crippen LogP contribution in [-0.4, -0.2) is 23.4 Å². The topological polar surface area (TPSA) is 64.4 Å². The van der Waals surface area contributed by atoms with Crippen molar-refractivity contribution in [2.45, 2.75) is 19.1 Å². The minimum Gasteiger partial charge on any atom is -0.310 e. The van der Waals surface area contributed by atoms with Gasteiger partial charge in [0, 0.05) is 6.54 Å². The average Bonchev–Trinajstić information content (AvgIpc) is 3.07. The fraction of sp³-hybridized carbons (Fsp3) is 0.160. The van der Waals surface area contributed by atoms with E-state index in [2.05, 4.69) is 0 Å². The van der Waals surface area contributed by atoms with Gasteiger partial charge in [-0.15, -0.1) is 0 Å². The molecule has 5 nitrogen and oxygen atoms in total.